The maximum Gasteiger partial charge on any atom is 0.416 e. The average molecular weight is 438 g/mol. The third-order valence-electron chi connectivity index (χ3n) is 5.50. The van der Waals surface area contributed by atoms with Gasteiger partial charge in [0.25, 0.3) is 0 Å². The lowest BCUT2D eigenvalue weighted by molar-refractivity contribution is -0.137. The van der Waals surface area contributed by atoms with E-state index in [-0.39, 0.29) is 5.82 Å². The number of fused-ring (bicyclic) bond motifs is 1. The highest BCUT2D eigenvalue weighted by atomic mass is 19.4. The second-order valence-electron chi connectivity index (χ2n) is 7.63. The van der Waals surface area contributed by atoms with Crippen molar-refractivity contribution in [3.05, 3.63) is 101 Å². The van der Waals surface area contributed by atoms with Gasteiger partial charge in [0, 0.05) is 5.39 Å². The first-order valence-electron chi connectivity index (χ1n) is 10.5. The Balaban J connectivity index is 1.52. The van der Waals surface area contributed by atoms with E-state index in [0.717, 1.165) is 40.0 Å². The lowest BCUT2D eigenvalue weighted by Gasteiger charge is -2.10. The number of halogens is 4. The van der Waals surface area contributed by atoms with Crippen LogP contribution in [0.5, 0.6) is 5.75 Å². The van der Waals surface area contributed by atoms with Crippen LogP contribution < -0.4 is 4.74 Å². The van der Waals surface area contributed by atoms with Gasteiger partial charge in [0.15, 0.2) is 0 Å². The normalized spacial score (nSPS) is 11.7. The topological polar surface area (TPSA) is 9.23 Å². The van der Waals surface area contributed by atoms with Crippen LogP contribution in [0.3, 0.4) is 0 Å². The summed E-state index contributed by atoms with van der Waals surface area (Å²) in [6.07, 6.45) is -3.48. The predicted molar refractivity (Wildman–Crippen MR) is 119 cm³/mol. The smallest absolute Gasteiger partial charge is 0.416 e. The van der Waals surface area contributed by atoms with Crippen molar-refractivity contribution >= 4 is 10.8 Å². The van der Waals surface area contributed by atoms with E-state index >= 15 is 4.39 Å². The Morgan fingerprint density at radius 3 is 2.09 bits per heavy atom. The van der Waals surface area contributed by atoms with Crippen molar-refractivity contribution in [1.82, 2.24) is 0 Å². The van der Waals surface area contributed by atoms with Gasteiger partial charge in [-0.1, -0.05) is 48.5 Å². The van der Waals surface area contributed by atoms with Gasteiger partial charge in [-0.05, 0) is 77.7 Å². The van der Waals surface area contributed by atoms with E-state index in [4.69, 9.17) is 4.74 Å². The molecule has 4 aromatic carbocycles. The van der Waals surface area contributed by atoms with Crippen molar-refractivity contribution in [1.29, 1.82) is 0 Å². The van der Waals surface area contributed by atoms with Gasteiger partial charge in [0.05, 0.1) is 12.2 Å². The summed E-state index contributed by atoms with van der Waals surface area (Å²) in [4.78, 5) is 0. The summed E-state index contributed by atoms with van der Waals surface area (Å²) in [5, 5.41) is 1.33. The predicted octanol–water partition coefficient (Wildman–Crippen LogP) is 7.85. The fourth-order valence-corrected chi connectivity index (χ4v) is 3.76. The summed E-state index contributed by atoms with van der Waals surface area (Å²) in [6, 6.07) is 22.1. The number of rotatable bonds is 6. The molecule has 0 N–H and O–H groups in total. The SMILES string of the molecule is CCOc1ccc(-c2ccc3c(F)c(CCc4ccc(C(F)(F)F)cc4)ccc3c2)cc1. The van der Waals surface area contributed by atoms with Crippen molar-refractivity contribution in [2.45, 2.75) is 25.9 Å². The molecule has 0 aliphatic heterocycles. The summed E-state index contributed by atoms with van der Waals surface area (Å²) in [6.45, 7) is 2.54. The highest BCUT2D eigenvalue weighted by Crippen LogP contribution is 2.31. The zero-order valence-corrected chi connectivity index (χ0v) is 17.5. The Hall–Kier alpha value is -3.34. The minimum Gasteiger partial charge on any atom is -0.494 e. The molecule has 1 nitrogen and oxygen atoms in total. The largest absolute Gasteiger partial charge is 0.494 e. The van der Waals surface area contributed by atoms with Gasteiger partial charge in [-0.15, -0.1) is 0 Å². The molecule has 4 aromatic rings. The van der Waals surface area contributed by atoms with Crippen LogP contribution in [0.15, 0.2) is 78.9 Å². The van der Waals surface area contributed by atoms with Crippen molar-refractivity contribution in [2.24, 2.45) is 0 Å². The van der Waals surface area contributed by atoms with Crippen molar-refractivity contribution in [2.75, 3.05) is 6.61 Å². The molecule has 0 atom stereocenters. The van der Waals surface area contributed by atoms with Crippen molar-refractivity contribution < 1.29 is 22.3 Å². The number of hydrogen-bond donors (Lipinski definition) is 0. The molecule has 4 rings (SSSR count). The third kappa shape index (κ3) is 4.77. The summed E-state index contributed by atoms with van der Waals surface area (Å²) in [5.74, 6) is 0.522. The Kier molecular flexibility index (Phi) is 6.17. The van der Waals surface area contributed by atoms with Gasteiger partial charge in [-0.3, -0.25) is 0 Å². The summed E-state index contributed by atoms with van der Waals surface area (Å²) >= 11 is 0. The molecule has 0 amide bonds. The molecule has 0 aliphatic rings. The summed E-state index contributed by atoms with van der Waals surface area (Å²) < 4.78 is 58.7. The van der Waals surface area contributed by atoms with Crippen LogP contribution in [0, 0.1) is 5.82 Å². The highest BCUT2D eigenvalue weighted by molar-refractivity contribution is 5.88. The average Bonchev–Trinajstić information content (AvgIpc) is 2.79. The van der Waals surface area contributed by atoms with Gasteiger partial charge in [0.2, 0.25) is 0 Å². The molecule has 0 unspecified atom stereocenters. The summed E-state index contributed by atoms with van der Waals surface area (Å²) in [5.41, 5.74) is 2.61. The van der Waals surface area contributed by atoms with Gasteiger partial charge < -0.3 is 4.74 Å². The highest BCUT2D eigenvalue weighted by Gasteiger charge is 2.29. The number of alkyl halides is 3. The number of benzene rings is 4. The summed E-state index contributed by atoms with van der Waals surface area (Å²) in [7, 11) is 0. The molecule has 0 aliphatic carbocycles. The van der Waals surface area contributed by atoms with Crippen LogP contribution in [-0.2, 0) is 19.0 Å². The molecular formula is C27H22F4O. The molecule has 0 radical (unpaired) electrons. The lowest BCUT2D eigenvalue weighted by atomic mass is 9.97. The van der Waals surface area contributed by atoms with E-state index in [9.17, 15) is 13.2 Å². The number of hydrogen-bond acceptors (Lipinski definition) is 1. The van der Waals surface area contributed by atoms with E-state index in [1.807, 2.05) is 49.4 Å². The molecule has 0 saturated heterocycles. The van der Waals surface area contributed by atoms with E-state index in [0.29, 0.717) is 30.4 Å². The molecule has 32 heavy (non-hydrogen) atoms. The molecule has 0 heterocycles. The van der Waals surface area contributed by atoms with Crippen LogP contribution in [0.4, 0.5) is 17.6 Å². The minimum absolute atomic E-state index is 0.285. The van der Waals surface area contributed by atoms with Crippen LogP contribution in [-0.4, -0.2) is 6.61 Å². The second kappa shape index (κ2) is 9.03. The molecule has 0 bridgehead atoms. The van der Waals surface area contributed by atoms with Crippen LogP contribution >= 0.6 is 0 Å². The fourth-order valence-electron chi connectivity index (χ4n) is 3.76. The lowest BCUT2D eigenvalue weighted by Crippen LogP contribution is -2.04. The second-order valence-corrected chi connectivity index (χ2v) is 7.63. The minimum atomic E-state index is -4.35. The van der Waals surface area contributed by atoms with Gasteiger partial charge in [0.1, 0.15) is 11.6 Å². The van der Waals surface area contributed by atoms with Gasteiger partial charge in [-0.2, -0.15) is 13.2 Å². The van der Waals surface area contributed by atoms with E-state index in [1.54, 1.807) is 12.1 Å². The molecule has 0 spiro atoms. The Morgan fingerprint density at radius 2 is 1.44 bits per heavy atom. The first kappa shape index (κ1) is 21.9. The standard InChI is InChI=1S/C27H22F4O/c1-2-32-24-14-9-19(10-15-24)21-11-16-25-22(17-21)8-7-20(26(25)28)6-3-18-4-12-23(13-5-18)27(29,30)31/h4-5,7-17H,2-3,6H2,1H3. The van der Waals surface area contributed by atoms with Gasteiger partial charge in [-0.25, -0.2) is 4.39 Å². The molecule has 0 fully saturated rings. The number of aryl methyl sites for hydroxylation is 2. The number of ether oxygens (including phenoxy) is 1. The third-order valence-corrected chi connectivity index (χ3v) is 5.50. The van der Waals surface area contributed by atoms with E-state index < -0.39 is 11.7 Å². The maximum absolute atomic E-state index is 15.1. The monoisotopic (exact) mass is 438 g/mol. The molecule has 0 aromatic heterocycles. The van der Waals surface area contributed by atoms with Crippen LogP contribution in [0.25, 0.3) is 21.9 Å². The molecule has 5 heteroatoms. The van der Waals surface area contributed by atoms with Crippen LogP contribution in [0.2, 0.25) is 0 Å². The van der Waals surface area contributed by atoms with Crippen molar-refractivity contribution in [3.8, 4) is 16.9 Å². The first-order valence-corrected chi connectivity index (χ1v) is 10.5. The van der Waals surface area contributed by atoms with E-state index in [1.165, 1.54) is 12.1 Å². The Labute approximate surface area is 184 Å². The Morgan fingerprint density at radius 1 is 0.750 bits per heavy atom. The quantitative estimate of drug-likeness (QED) is 0.279. The van der Waals surface area contributed by atoms with Crippen LogP contribution in [0.1, 0.15) is 23.6 Å². The van der Waals surface area contributed by atoms with Crippen molar-refractivity contribution in [3.63, 3.8) is 0 Å². The Bertz CT molecular complexity index is 1210. The zero-order chi connectivity index (χ0) is 22.7. The maximum atomic E-state index is 15.1. The molecule has 0 saturated carbocycles. The zero-order valence-electron chi connectivity index (χ0n) is 17.5. The molecule has 164 valence electrons. The van der Waals surface area contributed by atoms with E-state index in [2.05, 4.69) is 0 Å². The van der Waals surface area contributed by atoms with Gasteiger partial charge >= 0.3 is 6.18 Å². The molecular weight excluding hydrogens is 416 g/mol. The first-order chi connectivity index (χ1) is 15.3. The fraction of sp³-hybridized carbons (Fsp3) is 0.185.